The Morgan fingerprint density at radius 1 is 1.47 bits per heavy atom. The molecule has 0 bridgehead atoms. The molecule has 0 aliphatic heterocycles. The summed E-state index contributed by atoms with van der Waals surface area (Å²) in [6.07, 6.45) is -1.83. The van der Waals surface area contributed by atoms with Gasteiger partial charge in [0.25, 0.3) is 5.92 Å². The molecule has 0 saturated heterocycles. The number of hydrogen-bond donors (Lipinski definition) is 2. The van der Waals surface area contributed by atoms with E-state index in [0.717, 1.165) is 6.07 Å². The van der Waals surface area contributed by atoms with Crippen LogP contribution in [0.4, 0.5) is 8.78 Å². The molecule has 4 nitrogen and oxygen atoms in total. The number of halogens is 2. The van der Waals surface area contributed by atoms with Crippen LogP contribution < -0.4 is 4.74 Å². The minimum Gasteiger partial charge on any atom is -0.496 e. The average Bonchev–Trinajstić information content (AvgIpc) is 2.25. The van der Waals surface area contributed by atoms with E-state index >= 15 is 0 Å². The van der Waals surface area contributed by atoms with Crippen molar-refractivity contribution in [3.05, 3.63) is 29.3 Å². The molecule has 1 unspecified atom stereocenters. The first kappa shape index (κ1) is 13.4. The lowest BCUT2D eigenvalue weighted by Crippen LogP contribution is -2.14. The molecule has 0 saturated carbocycles. The van der Waals surface area contributed by atoms with E-state index in [9.17, 15) is 18.7 Å². The normalized spacial score (nSPS) is 13.2. The molecule has 17 heavy (non-hydrogen) atoms. The number of hydrogen-bond acceptors (Lipinski definition) is 3. The zero-order chi connectivity index (χ0) is 13.2. The summed E-state index contributed by atoms with van der Waals surface area (Å²) < 4.78 is 31.2. The molecule has 6 heteroatoms. The van der Waals surface area contributed by atoms with Crippen molar-refractivity contribution in [1.29, 1.82) is 0 Å². The highest BCUT2D eigenvalue weighted by Gasteiger charge is 2.30. The lowest BCUT2D eigenvalue weighted by Gasteiger charge is -2.17. The molecular formula is C11H12F2O4. The van der Waals surface area contributed by atoms with E-state index in [2.05, 4.69) is 0 Å². The summed E-state index contributed by atoms with van der Waals surface area (Å²) in [5.74, 6) is -4.74. The van der Waals surface area contributed by atoms with Gasteiger partial charge in [0.1, 0.15) is 5.75 Å². The molecule has 0 fully saturated rings. The van der Waals surface area contributed by atoms with Crippen LogP contribution in [-0.4, -0.2) is 23.3 Å². The number of carboxylic acid groups (broad SMARTS) is 1. The van der Waals surface area contributed by atoms with Crippen LogP contribution in [0.25, 0.3) is 0 Å². The summed E-state index contributed by atoms with van der Waals surface area (Å²) >= 11 is 0. The molecule has 0 aliphatic carbocycles. The third kappa shape index (κ3) is 2.91. The number of aliphatic hydroxyl groups excluding tert-OH is 1. The Labute approximate surface area is 96.5 Å². The van der Waals surface area contributed by atoms with Gasteiger partial charge in [-0.2, -0.15) is 0 Å². The first-order chi connectivity index (χ1) is 7.77. The van der Waals surface area contributed by atoms with Crippen LogP contribution >= 0.6 is 0 Å². The highest BCUT2D eigenvalue weighted by molar-refractivity contribution is 5.74. The number of ether oxygens (including phenoxy) is 1. The minimum atomic E-state index is -3.18. The van der Waals surface area contributed by atoms with E-state index in [1.807, 2.05) is 0 Å². The zero-order valence-corrected chi connectivity index (χ0v) is 9.28. The molecular weight excluding hydrogens is 234 g/mol. The maximum absolute atomic E-state index is 13.2. The molecule has 0 amide bonds. The molecule has 0 aromatic heterocycles. The summed E-state index contributed by atoms with van der Waals surface area (Å²) in [4.78, 5) is 10.5. The van der Waals surface area contributed by atoms with Gasteiger partial charge in [-0.25, -0.2) is 13.6 Å². The molecule has 2 N–H and O–H groups in total. The molecule has 1 aromatic rings. The van der Waals surface area contributed by atoms with Gasteiger partial charge in [-0.1, -0.05) is 6.07 Å². The van der Waals surface area contributed by atoms with Crippen molar-refractivity contribution in [2.45, 2.75) is 19.0 Å². The van der Waals surface area contributed by atoms with Crippen LogP contribution in [-0.2, 0) is 10.7 Å². The van der Waals surface area contributed by atoms with E-state index in [4.69, 9.17) is 9.84 Å². The maximum Gasteiger partial charge on any atom is 0.337 e. The fourth-order valence-electron chi connectivity index (χ4n) is 1.38. The number of alkyl halides is 2. The zero-order valence-electron chi connectivity index (χ0n) is 9.28. The van der Waals surface area contributed by atoms with Crippen molar-refractivity contribution < 1.29 is 28.5 Å². The second-order valence-corrected chi connectivity index (χ2v) is 3.59. The van der Waals surface area contributed by atoms with Crippen LogP contribution in [0.2, 0.25) is 0 Å². The Bertz CT molecular complexity index is 426. The number of methoxy groups -OCH3 is 1. The Morgan fingerprint density at radius 2 is 2.06 bits per heavy atom. The second-order valence-electron chi connectivity index (χ2n) is 3.59. The van der Waals surface area contributed by atoms with Gasteiger partial charge in [0.05, 0.1) is 12.7 Å². The Kier molecular flexibility index (Phi) is 3.67. The summed E-state index contributed by atoms with van der Waals surface area (Å²) in [6, 6.07) is 3.36. The third-order valence-electron chi connectivity index (χ3n) is 2.25. The first-order valence-electron chi connectivity index (χ1n) is 4.74. The van der Waals surface area contributed by atoms with E-state index in [1.165, 1.54) is 19.2 Å². The Morgan fingerprint density at radius 3 is 2.47 bits per heavy atom. The van der Waals surface area contributed by atoms with Gasteiger partial charge >= 0.3 is 5.97 Å². The summed E-state index contributed by atoms with van der Waals surface area (Å²) in [5, 5.41) is 17.9. The monoisotopic (exact) mass is 246 g/mol. The van der Waals surface area contributed by atoms with Crippen LogP contribution in [0, 0.1) is 0 Å². The third-order valence-corrected chi connectivity index (χ3v) is 2.25. The minimum absolute atomic E-state index is 0.0566. The van der Waals surface area contributed by atoms with Crippen LogP contribution in [0.1, 0.15) is 24.2 Å². The SMILES string of the molecule is COc1ccc(C(O)C(=O)O)cc1C(C)(F)F. The Balaban J connectivity index is 3.27. The summed E-state index contributed by atoms with van der Waals surface area (Å²) in [6.45, 7) is 0.668. The molecule has 1 aromatic carbocycles. The quantitative estimate of drug-likeness (QED) is 0.851. The van der Waals surface area contributed by atoms with Crippen LogP contribution in [0.15, 0.2) is 18.2 Å². The van der Waals surface area contributed by atoms with Crippen LogP contribution in [0.3, 0.4) is 0 Å². The lowest BCUT2D eigenvalue weighted by atomic mass is 10.0. The van der Waals surface area contributed by atoms with E-state index in [1.54, 1.807) is 0 Å². The summed E-state index contributed by atoms with van der Waals surface area (Å²) in [5.41, 5.74) is -0.576. The van der Waals surface area contributed by atoms with Crippen molar-refractivity contribution in [3.8, 4) is 5.75 Å². The molecule has 1 rings (SSSR count). The smallest absolute Gasteiger partial charge is 0.337 e. The molecule has 0 aliphatic rings. The van der Waals surface area contributed by atoms with Gasteiger partial charge in [-0.15, -0.1) is 0 Å². The number of aliphatic carboxylic acids is 1. The average molecular weight is 246 g/mol. The van der Waals surface area contributed by atoms with Gasteiger partial charge in [0.15, 0.2) is 6.10 Å². The summed E-state index contributed by atoms with van der Waals surface area (Å²) in [7, 11) is 1.23. The van der Waals surface area contributed by atoms with Crippen molar-refractivity contribution in [2.75, 3.05) is 7.11 Å². The van der Waals surface area contributed by atoms with Gasteiger partial charge in [-0.05, 0) is 17.7 Å². The lowest BCUT2D eigenvalue weighted by molar-refractivity contribution is -0.147. The second kappa shape index (κ2) is 4.67. The predicted octanol–water partition coefficient (Wildman–Crippen LogP) is 1.92. The fraction of sp³-hybridized carbons (Fsp3) is 0.364. The van der Waals surface area contributed by atoms with E-state index in [0.29, 0.717) is 6.92 Å². The highest BCUT2D eigenvalue weighted by atomic mass is 19.3. The van der Waals surface area contributed by atoms with E-state index in [-0.39, 0.29) is 11.3 Å². The van der Waals surface area contributed by atoms with Crippen molar-refractivity contribution in [3.63, 3.8) is 0 Å². The maximum atomic E-state index is 13.2. The standard InChI is InChI=1S/C11H12F2O4/c1-11(12,13)7-5-6(9(14)10(15)16)3-4-8(7)17-2/h3-5,9,14H,1-2H3,(H,15,16). The van der Waals surface area contributed by atoms with Gasteiger partial charge in [0.2, 0.25) is 0 Å². The molecule has 0 spiro atoms. The molecule has 0 heterocycles. The van der Waals surface area contributed by atoms with Gasteiger partial charge < -0.3 is 14.9 Å². The molecule has 1 atom stereocenters. The van der Waals surface area contributed by atoms with Gasteiger partial charge in [-0.3, -0.25) is 0 Å². The molecule has 94 valence electrons. The molecule has 0 radical (unpaired) electrons. The van der Waals surface area contributed by atoms with Crippen LogP contribution in [0.5, 0.6) is 5.75 Å². The number of benzene rings is 1. The van der Waals surface area contributed by atoms with Crippen molar-refractivity contribution in [2.24, 2.45) is 0 Å². The topological polar surface area (TPSA) is 66.8 Å². The highest BCUT2D eigenvalue weighted by Crippen LogP contribution is 2.36. The Hall–Kier alpha value is -1.69. The number of carboxylic acids is 1. The fourth-order valence-corrected chi connectivity index (χ4v) is 1.38. The van der Waals surface area contributed by atoms with Gasteiger partial charge in [0, 0.05) is 6.92 Å². The van der Waals surface area contributed by atoms with Crippen molar-refractivity contribution in [1.82, 2.24) is 0 Å². The largest absolute Gasteiger partial charge is 0.496 e. The van der Waals surface area contributed by atoms with E-state index < -0.39 is 23.6 Å². The first-order valence-corrected chi connectivity index (χ1v) is 4.74. The van der Waals surface area contributed by atoms with Crippen molar-refractivity contribution >= 4 is 5.97 Å². The predicted molar refractivity (Wildman–Crippen MR) is 55.2 cm³/mol. The number of rotatable bonds is 4. The number of aliphatic hydroxyl groups is 1. The number of carbonyl (C=O) groups is 1.